The van der Waals surface area contributed by atoms with E-state index < -0.39 is 0 Å². The molecule has 0 saturated heterocycles. The second-order valence-corrected chi connectivity index (χ2v) is 4.79. The molecule has 1 amide bonds. The average Bonchev–Trinajstić information content (AvgIpc) is 2.78. The molecular formula is C12H12Cl2N4O. The number of amides is 1. The number of aromatic amines is 1. The Morgan fingerprint density at radius 3 is 2.84 bits per heavy atom. The van der Waals surface area contributed by atoms with Gasteiger partial charge in [0.05, 0.1) is 11.9 Å². The van der Waals surface area contributed by atoms with E-state index in [0.717, 1.165) is 5.56 Å². The fourth-order valence-corrected chi connectivity index (χ4v) is 2.10. The molecule has 0 saturated carbocycles. The summed E-state index contributed by atoms with van der Waals surface area (Å²) >= 11 is 11.8. The van der Waals surface area contributed by atoms with Crippen molar-refractivity contribution in [3.63, 3.8) is 0 Å². The molecule has 0 unspecified atom stereocenters. The van der Waals surface area contributed by atoms with Crippen LogP contribution in [0.15, 0.2) is 24.4 Å². The van der Waals surface area contributed by atoms with Gasteiger partial charge in [-0.3, -0.25) is 9.89 Å². The van der Waals surface area contributed by atoms with Crippen LogP contribution in [0.5, 0.6) is 0 Å². The molecule has 0 spiro atoms. The maximum atomic E-state index is 11.7. The number of nitrogen functional groups attached to an aromatic ring is 1. The molecular weight excluding hydrogens is 287 g/mol. The second-order valence-electron chi connectivity index (χ2n) is 3.94. The van der Waals surface area contributed by atoms with Crippen molar-refractivity contribution >= 4 is 34.8 Å². The monoisotopic (exact) mass is 298 g/mol. The summed E-state index contributed by atoms with van der Waals surface area (Å²) in [6.45, 7) is 0.443. The van der Waals surface area contributed by atoms with Gasteiger partial charge in [-0.15, -0.1) is 0 Å². The van der Waals surface area contributed by atoms with Gasteiger partial charge in [-0.2, -0.15) is 5.10 Å². The summed E-state index contributed by atoms with van der Waals surface area (Å²) in [5.74, 6) is -0.292. The summed E-state index contributed by atoms with van der Waals surface area (Å²) in [5.41, 5.74) is 7.08. The number of carbonyl (C=O) groups excluding carboxylic acids is 1. The zero-order valence-corrected chi connectivity index (χ0v) is 11.4. The Morgan fingerprint density at radius 2 is 2.21 bits per heavy atom. The molecule has 0 aliphatic rings. The van der Waals surface area contributed by atoms with E-state index in [9.17, 15) is 4.79 Å². The Morgan fingerprint density at radius 1 is 1.42 bits per heavy atom. The number of nitrogens with two attached hydrogens (primary N) is 1. The molecule has 7 heteroatoms. The van der Waals surface area contributed by atoms with Gasteiger partial charge in [-0.1, -0.05) is 29.3 Å². The first-order valence-corrected chi connectivity index (χ1v) is 6.34. The van der Waals surface area contributed by atoms with E-state index in [1.54, 1.807) is 12.1 Å². The fraction of sp³-hybridized carbons (Fsp3) is 0.167. The minimum atomic E-state index is -0.292. The number of nitrogens with zero attached hydrogens (tertiary/aromatic N) is 1. The lowest BCUT2D eigenvalue weighted by atomic mass is 10.1. The molecule has 0 bridgehead atoms. The van der Waals surface area contributed by atoms with E-state index in [-0.39, 0.29) is 11.6 Å². The lowest BCUT2D eigenvalue weighted by Gasteiger charge is -2.06. The lowest BCUT2D eigenvalue weighted by Crippen LogP contribution is -2.26. The molecule has 0 atom stereocenters. The highest BCUT2D eigenvalue weighted by Gasteiger charge is 2.11. The van der Waals surface area contributed by atoms with Crippen molar-refractivity contribution in [1.29, 1.82) is 0 Å². The number of rotatable bonds is 4. The van der Waals surface area contributed by atoms with Gasteiger partial charge < -0.3 is 11.1 Å². The minimum absolute atomic E-state index is 0.266. The van der Waals surface area contributed by atoms with Gasteiger partial charge in [-0.25, -0.2) is 0 Å². The van der Waals surface area contributed by atoms with Crippen molar-refractivity contribution in [2.75, 3.05) is 12.3 Å². The zero-order valence-electron chi connectivity index (χ0n) is 9.91. The van der Waals surface area contributed by atoms with Gasteiger partial charge in [0, 0.05) is 16.6 Å². The maximum absolute atomic E-state index is 11.7. The molecule has 2 aromatic rings. The van der Waals surface area contributed by atoms with Crippen LogP contribution in [0, 0.1) is 0 Å². The van der Waals surface area contributed by atoms with E-state index >= 15 is 0 Å². The fourth-order valence-electron chi connectivity index (χ4n) is 1.60. The van der Waals surface area contributed by atoms with Gasteiger partial charge in [0.2, 0.25) is 0 Å². The SMILES string of the molecule is Nc1cn[nH]c1C(=O)NCCc1ccc(Cl)cc1Cl. The Kier molecular flexibility index (Phi) is 4.29. The van der Waals surface area contributed by atoms with Gasteiger partial charge in [-0.05, 0) is 24.1 Å². The predicted octanol–water partition coefficient (Wildman–Crippen LogP) is 2.27. The number of aromatic nitrogens is 2. The van der Waals surface area contributed by atoms with E-state index in [1.165, 1.54) is 6.20 Å². The normalized spacial score (nSPS) is 10.4. The number of hydrogen-bond acceptors (Lipinski definition) is 3. The van der Waals surface area contributed by atoms with Crippen LogP contribution in [-0.4, -0.2) is 22.6 Å². The number of halogens is 2. The van der Waals surface area contributed by atoms with Crippen molar-refractivity contribution in [3.05, 3.63) is 45.7 Å². The Balaban J connectivity index is 1.90. The third-order valence-corrected chi connectivity index (χ3v) is 3.18. The summed E-state index contributed by atoms with van der Waals surface area (Å²) < 4.78 is 0. The number of carbonyl (C=O) groups is 1. The average molecular weight is 299 g/mol. The Bertz CT molecular complexity index is 597. The number of hydrogen-bond donors (Lipinski definition) is 3. The number of anilines is 1. The van der Waals surface area contributed by atoms with E-state index in [0.29, 0.717) is 28.7 Å². The van der Waals surface area contributed by atoms with Crippen molar-refractivity contribution in [2.24, 2.45) is 0 Å². The number of benzene rings is 1. The van der Waals surface area contributed by atoms with Crippen molar-refractivity contribution in [2.45, 2.75) is 6.42 Å². The van der Waals surface area contributed by atoms with Gasteiger partial charge in [0.1, 0.15) is 5.69 Å². The first-order chi connectivity index (χ1) is 9.08. The van der Waals surface area contributed by atoms with Crippen LogP contribution >= 0.6 is 23.2 Å². The van der Waals surface area contributed by atoms with Crippen molar-refractivity contribution in [3.8, 4) is 0 Å². The Hall–Kier alpha value is -1.72. The maximum Gasteiger partial charge on any atom is 0.271 e. The van der Waals surface area contributed by atoms with Gasteiger partial charge in [0.25, 0.3) is 5.91 Å². The van der Waals surface area contributed by atoms with E-state index in [4.69, 9.17) is 28.9 Å². The summed E-state index contributed by atoms with van der Waals surface area (Å²) in [6, 6.07) is 5.27. The van der Waals surface area contributed by atoms with Crippen molar-refractivity contribution < 1.29 is 4.79 Å². The van der Waals surface area contributed by atoms with Crippen LogP contribution in [0.1, 0.15) is 16.1 Å². The standard InChI is InChI=1S/C12H12Cl2N4O/c13-8-2-1-7(9(14)5-8)3-4-16-12(19)11-10(15)6-17-18-11/h1-2,5-6H,3-4,15H2,(H,16,19)(H,17,18). The molecule has 100 valence electrons. The van der Waals surface area contributed by atoms with Gasteiger partial charge >= 0.3 is 0 Å². The number of H-pyrrole nitrogens is 1. The molecule has 1 heterocycles. The zero-order chi connectivity index (χ0) is 13.8. The first kappa shape index (κ1) is 13.7. The van der Waals surface area contributed by atoms with E-state index in [2.05, 4.69) is 15.5 Å². The van der Waals surface area contributed by atoms with Crippen LogP contribution in [0.4, 0.5) is 5.69 Å². The molecule has 19 heavy (non-hydrogen) atoms. The van der Waals surface area contributed by atoms with Crippen LogP contribution in [-0.2, 0) is 6.42 Å². The van der Waals surface area contributed by atoms with Crippen LogP contribution < -0.4 is 11.1 Å². The van der Waals surface area contributed by atoms with Crippen LogP contribution in [0.3, 0.4) is 0 Å². The molecule has 0 aliphatic heterocycles. The minimum Gasteiger partial charge on any atom is -0.396 e. The molecule has 4 N–H and O–H groups in total. The third kappa shape index (κ3) is 3.39. The highest BCUT2D eigenvalue weighted by atomic mass is 35.5. The molecule has 1 aromatic heterocycles. The van der Waals surface area contributed by atoms with Crippen LogP contribution in [0.2, 0.25) is 10.0 Å². The van der Waals surface area contributed by atoms with E-state index in [1.807, 2.05) is 6.07 Å². The third-order valence-electron chi connectivity index (χ3n) is 2.59. The summed E-state index contributed by atoms with van der Waals surface area (Å²) in [6.07, 6.45) is 2.00. The van der Waals surface area contributed by atoms with Gasteiger partial charge in [0.15, 0.2) is 0 Å². The van der Waals surface area contributed by atoms with Crippen molar-refractivity contribution in [1.82, 2.24) is 15.5 Å². The predicted molar refractivity (Wildman–Crippen MR) is 75.5 cm³/mol. The lowest BCUT2D eigenvalue weighted by molar-refractivity contribution is 0.0950. The number of nitrogens with one attached hydrogen (secondary N) is 2. The van der Waals surface area contributed by atoms with Crippen LogP contribution in [0.25, 0.3) is 0 Å². The summed E-state index contributed by atoms with van der Waals surface area (Å²) in [5, 5.41) is 10.1. The first-order valence-electron chi connectivity index (χ1n) is 5.59. The largest absolute Gasteiger partial charge is 0.396 e. The highest BCUT2D eigenvalue weighted by molar-refractivity contribution is 6.35. The molecule has 1 aromatic carbocycles. The quantitative estimate of drug-likeness (QED) is 0.809. The molecule has 0 fully saturated rings. The summed E-state index contributed by atoms with van der Waals surface area (Å²) in [7, 11) is 0. The molecule has 0 aliphatic carbocycles. The molecule has 5 nitrogen and oxygen atoms in total. The summed E-state index contributed by atoms with van der Waals surface area (Å²) in [4.78, 5) is 11.7. The topological polar surface area (TPSA) is 83.8 Å². The molecule has 0 radical (unpaired) electrons. The Labute approximate surface area is 120 Å². The molecule has 2 rings (SSSR count). The smallest absolute Gasteiger partial charge is 0.271 e. The second kappa shape index (κ2) is 5.95. The highest BCUT2D eigenvalue weighted by Crippen LogP contribution is 2.21.